The summed E-state index contributed by atoms with van der Waals surface area (Å²) >= 11 is 0. The number of phenols is 1. The van der Waals surface area contributed by atoms with Crippen molar-refractivity contribution in [2.45, 2.75) is 31.0 Å². The van der Waals surface area contributed by atoms with E-state index in [4.69, 9.17) is 0 Å². The van der Waals surface area contributed by atoms with Crippen LogP contribution in [-0.4, -0.2) is 42.7 Å². The van der Waals surface area contributed by atoms with Gasteiger partial charge >= 0.3 is 6.18 Å². The van der Waals surface area contributed by atoms with Crippen LogP contribution >= 0.6 is 0 Å². The van der Waals surface area contributed by atoms with E-state index in [-0.39, 0.29) is 38.9 Å². The lowest BCUT2D eigenvalue weighted by atomic mass is 9.97. The van der Waals surface area contributed by atoms with E-state index in [1.54, 1.807) is 6.07 Å². The highest BCUT2D eigenvalue weighted by molar-refractivity contribution is 7.90. The number of hydrazone groups is 1. The summed E-state index contributed by atoms with van der Waals surface area (Å²) in [7, 11) is -3.69. The lowest BCUT2D eigenvalue weighted by Gasteiger charge is -2.16. The summed E-state index contributed by atoms with van der Waals surface area (Å²) in [5.74, 6) is -0.963. The number of hydrogen-bond donors (Lipinski definition) is 4. The van der Waals surface area contributed by atoms with Crippen molar-refractivity contribution >= 4 is 32.8 Å². The molecule has 5 rings (SSSR count). The predicted molar refractivity (Wildman–Crippen MR) is 158 cm³/mol. The number of halogens is 3. The van der Waals surface area contributed by atoms with Gasteiger partial charge in [-0.15, -0.1) is 0 Å². The summed E-state index contributed by atoms with van der Waals surface area (Å²) in [6.45, 7) is 3.82. The molecule has 0 spiro atoms. The average molecular weight is 610 g/mol. The number of carbonyl (C=O) groups excluding carboxylic acids is 1. The number of nitrogens with one attached hydrogen (secondary N) is 2. The third-order valence-corrected chi connectivity index (χ3v) is 8.36. The minimum Gasteiger partial charge on any atom is -0.505 e. The van der Waals surface area contributed by atoms with Crippen molar-refractivity contribution in [3.63, 3.8) is 0 Å². The van der Waals surface area contributed by atoms with Gasteiger partial charge in [0.05, 0.1) is 16.3 Å². The first-order valence-electron chi connectivity index (χ1n) is 12.9. The van der Waals surface area contributed by atoms with Crippen LogP contribution in [0.5, 0.6) is 5.75 Å². The fourth-order valence-electron chi connectivity index (χ4n) is 4.86. The molecule has 1 aliphatic rings. The normalized spacial score (nSPS) is 14.9. The van der Waals surface area contributed by atoms with Crippen molar-refractivity contribution in [3.05, 3.63) is 95.1 Å². The Hall–Kier alpha value is -4.68. The van der Waals surface area contributed by atoms with E-state index in [9.17, 15) is 36.6 Å². The number of aromatic hydroxyl groups is 1. The average Bonchev–Trinajstić information content (AvgIpc) is 3.27. The molecule has 0 radical (unpaired) electrons. The van der Waals surface area contributed by atoms with Gasteiger partial charge in [0.2, 0.25) is 0 Å². The third kappa shape index (κ3) is 5.71. The number of sulfone groups is 1. The van der Waals surface area contributed by atoms with Crippen molar-refractivity contribution in [1.29, 1.82) is 0 Å². The SMILES string of the molecule is Cc1ccc(-c2c(S(C)(=O)=O)ccc3c2NC(=O)C3=NNc2cccc(-c3cccc(C(O)C(F)(F)F)c3)c2O)cc1C. The first-order valence-corrected chi connectivity index (χ1v) is 14.8. The predicted octanol–water partition coefficient (Wildman–Crippen LogP) is 6.11. The molecule has 0 saturated carbocycles. The quantitative estimate of drug-likeness (QED) is 0.154. The number of phenolic OH excluding ortho intramolecular Hbond substituents is 1. The van der Waals surface area contributed by atoms with Gasteiger partial charge in [-0.1, -0.05) is 48.5 Å². The number of fused-ring (bicyclic) bond motifs is 1. The van der Waals surface area contributed by atoms with Crippen LogP contribution < -0.4 is 10.7 Å². The molecule has 43 heavy (non-hydrogen) atoms. The van der Waals surface area contributed by atoms with Crippen molar-refractivity contribution in [1.82, 2.24) is 0 Å². The van der Waals surface area contributed by atoms with Crippen LogP contribution in [0, 0.1) is 13.8 Å². The smallest absolute Gasteiger partial charge is 0.418 e. The van der Waals surface area contributed by atoms with E-state index in [0.29, 0.717) is 16.7 Å². The highest BCUT2D eigenvalue weighted by Crippen LogP contribution is 2.42. The molecule has 4 aromatic carbocycles. The molecule has 222 valence electrons. The number of aliphatic hydroxyl groups is 1. The van der Waals surface area contributed by atoms with Gasteiger partial charge in [-0.05, 0) is 65.9 Å². The van der Waals surface area contributed by atoms with Gasteiger partial charge in [0.1, 0.15) is 5.75 Å². The molecule has 1 unspecified atom stereocenters. The lowest BCUT2D eigenvalue weighted by molar-refractivity contribution is -0.206. The van der Waals surface area contributed by atoms with Crippen LogP contribution in [0.15, 0.2) is 82.8 Å². The maximum atomic E-state index is 13.1. The maximum absolute atomic E-state index is 13.1. The number of benzene rings is 4. The zero-order valence-corrected chi connectivity index (χ0v) is 23.9. The second-order valence-electron chi connectivity index (χ2n) is 10.2. The monoisotopic (exact) mass is 609 g/mol. The minimum absolute atomic E-state index is 0.0345. The molecule has 1 amide bonds. The van der Waals surface area contributed by atoms with E-state index >= 15 is 0 Å². The van der Waals surface area contributed by atoms with Gasteiger partial charge in [0.25, 0.3) is 5.91 Å². The molecule has 1 heterocycles. The molecule has 0 aliphatic carbocycles. The number of aryl methyl sites for hydroxylation is 2. The Kier molecular flexibility index (Phi) is 7.53. The third-order valence-electron chi connectivity index (χ3n) is 7.22. The molecule has 0 aromatic heterocycles. The number of alkyl halides is 3. The second-order valence-corrected chi connectivity index (χ2v) is 12.2. The van der Waals surface area contributed by atoms with Crippen molar-refractivity contribution in [2.75, 3.05) is 17.0 Å². The number of rotatable bonds is 6. The number of aliphatic hydroxyl groups excluding tert-OH is 1. The topological polar surface area (TPSA) is 128 Å². The molecular formula is C31H26F3N3O5S. The van der Waals surface area contributed by atoms with Gasteiger partial charge < -0.3 is 15.5 Å². The molecule has 4 aromatic rings. The van der Waals surface area contributed by atoms with Gasteiger partial charge in [0.15, 0.2) is 21.7 Å². The zero-order valence-electron chi connectivity index (χ0n) is 23.1. The number of carbonyl (C=O) groups is 1. The van der Waals surface area contributed by atoms with Crippen molar-refractivity contribution in [3.8, 4) is 28.0 Å². The van der Waals surface area contributed by atoms with E-state index in [1.165, 1.54) is 42.5 Å². The van der Waals surface area contributed by atoms with E-state index in [1.807, 2.05) is 26.0 Å². The lowest BCUT2D eigenvalue weighted by Crippen LogP contribution is -2.20. The van der Waals surface area contributed by atoms with E-state index in [2.05, 4.69) is 15.8 Å². The number of hydrogen-bond acceptors (Lipinski definition) is 7. The van der Waals surface area contributed by atoms with Gasteiger partial charge in [0, 0.05) is 22.9 Å². The Morgan fingerprint density at radius 3 is 2.30 bits per heavy atom. The summed E-state index contributed by atoms with van der Waals surface area (Å²) in [5, 5.41) is 27.5. The molecule has 8 nitrogen and oxygen atoms in total. The molecule has 12 heteroatoms. The molecule has 0 bridgehead atoms. The Morgan fingerprint density at radius 2 is 1.63 bits per heavy atom. The van der Waals surface area contributed by atoms with Crippen LogP contribution in [0.4, 0.5) is 24.5 Å². The molecule has 0 fully saturated rings. The second kappa shape index (κ2) is 10.9. The first kappa shape index (κ1) is 29.8. The Labute approximate surface area is 245 Å². The standard InChI is InChI=1S/C31H26F3N3O5S/c1-16-10-11-19(14-17(16)2)25-24(43(3,41)42)13-12-22-26(25)35-30(40)27(22)37-36-23-9-5-8-21(28(23)38)18-6-4-7-20(15-18)29(39)31(32,33)34/h4-15,29,36,38-39H,1-3H3,(H,35,37,40). The number of amides is 1. The summed E-state index contributed by atoms with van der Waals surface area (Å²) in [5.41, 5.74) is 6.09. The number of para-hydroxylation sites is 1. The summed E-state index contributed by atoms with van der Waals surface area (Å²) in [6, 6.07) is 17.9. The Balaban J connectivity index is 1.54. The summed E-state index contributed by atoms with van der Waals surface area (Å²) in [6.07, 6.45) is -6.47. The number of anilines is 2. The van der Waals surface area contributed by atoms with Gasteiger partial charge in [-0.2, -0.15) is 18.3 Å². The molecule has 0 saturated heterocycles. The number of nitrogens with zero attached hydrogens (tertiary/aromatic N) is 1. The highest BCUT2D eigenvalue weighted by atomic mass is 32.2. The Morgan fingerprint density at radius 1 is 0.907 bits per heavy atom. The fourth-order valence-corrected chi connectivity index (χ4v) is 5.76. The van der Waals surface area contributed by atoms with Crippen LogP contribution in [0.3, 0.4) is 0 Å². The van der Waals surface area contributed by atoms with E-state index in [0.717, 1.165) is 29.5 Å². The largest absolute Gasteiger partial charge is 0.505 e. The molecule has 1 atom stereocenters. The van der Waals surface area contributed by atoms with Crippen molar-refractivity contribution in [2.24, 2.45) is 5.10 Å². The van der Waals surface area contributed by atoms with Crippen LogP contribution in [0.25, 0.3) is 22.3 Å². The van der Waals surface area contributed by atoms with Gasteiger partial charge in [-0.3, -0.25) is 10.2 Å². The molecule has 4 N–H and O–H groups in total. The fraction of sp³-hybridized carbons (Fsp3) is 0.161. The minimum atomic E-state index is -4.86. The molecule has 1 aliphatic heterocycles. The first-order chi connectivity index (χ1) is 20.2. The van der Waals surface area contributed by atoms with Crippen LogP contribution in [0.2, 0.25) is 0 Å². The van der Waals surface area contributed by atoms with Crippen molar-refractivity contribution < 1.29 is 36.6 Å². The van der Waals surface area contributed by atoms with Crippen LogP contribution in [0.1, 0.15) is 28.4 Å². The zero-order chi connectivity index (χ0) is 31.3. The maximum Gasteiger partial charge on any atom is 0.418 e. The molecular weight excluding hydrogens is 583 g/mol. The highest BCUT2D eigenvalue weighted by Gasteiger charge is 2.39. The Bertz CT molecular complexity index is 1920. The summed E-state index contributed by atoms with van der Waals surface area (Å²) < 4.78 is 64.5. The van der Waals surface area contributed by atoms with Gasteiger partial charge in [-0.25, -0.2) is 8.42 Å². The van der Waals surface area contributed by atoms with E-state index < -0.39 is 33.6 Å². The van der Waals surface area contributed by atoms with Crippen LogP contribution in [-0.2, 0) is 14.6 Å². The summed E-state index contributed by atoms with van der Waals surface area (Å²) in [4.78, 5) is 13.1.